The maximum absolute atomic E-state index is 13.0. The van der Waals surface area contributed by atoms with Crippen LogP contribution < -0.4 is 0 Å². The van der Waals surface area contributed by atoms with E-state index in [1.807, 2.05) is 33.8 Å². The summed E-state index contributed by atoms with van der Waals surface area (Å²) in [6, 6.07) is 3.60. The molecule has 0 aromatic carbocycles. The second-order valence-electron chi connectivity index (χ2n) is 7.68. The van der Waals surface area contributed by atoms with Gasteiger partial charge in [-0.25, -0.2) is 19.3 Å². The summed E-state index contributed by atoms with van der Waals surface area (Å²) in [5, 5.41) is 4.96. The van der Waals surface area contributed by atoms with Gasteiger partial charge < -0.3 is 13.9 Å². The summed E-state index contributed by atoms with van der Waals surface area (Å²) in [5.74, 6) is 0.340. The highest BCUT2D eigenvalue weighted by Crippen LogP contribution is 2.31. The highest BCUT2D eigenvalue weighted by Gasteiger charge is 2.36. The number of ether oxygens (including phenoxy) is 2. The number of hydrogen-bond acceptors (Lipinski definition) is 7. The lowest BCUT2D eigenvalue weighted by Crippen LogP contribution is -2.23. The molecule has 29 heavy (non-hydrogen) atoms. The van der Waals surface area contributed by atoms with Gasteiger partial charge in [-0.1, -0.05) is 0 Å². The molecule has 0 saturated carbocycles. The molecule has 1 aliphatic heterocycles. The van der Waals surface area contributed by atoms with E-state index in [1.54, 1.807) is 23.9 Å². The van der Waals surface area contributed by atoms with Crippen molar-refractivity contribution in [2.45, 2.75) is 59.3 Å². The second-order valence-corrected chi connectivity index (χ2v) is 7.68. The molecule has 0 aliphatic carbocycles. The van der Waals surface area contributed by atoms with E-state index in [9.17, 15) is 9.59 Å². The summed E-state index contributed by atoms with van der Waals surface area (Å²) in [6.07, 6.45) is 0.777. The minimum Gasteiger partial charge on any atom is -0.466 e. The number of pyridine rings is 1. The van der Waals surface area contributed by atoms with E-state index in [2.05, 4.69) is 5.10 Å². The van der Waals surface area contributed by atoms with Crippen LogP contribution in [0.5, 0.6) is 0 Å². The number of aryl methyl sites for hydroxylation is 2. The predicted octanol–water partition coefficient (Wildman–Crippen LogP) is 3.75. The Morgan fingerprint density at radius 1 is 1.31 bits per heavy atom. The largest absolute Gasteiger partial charge is 0.466 e. The number of fused-ring (bicyclic) bond motifs is 1. The smallest absolute Gasteiger partial charge is 0.347 e. The van der Waals surface area contributed by atoms with Crippen molar-refractivity contribution in [3.05, 3.63) is 35.4 Å². The molecule has 4 rings (SSSR count). The number of rotatable bonds is 4. The first kappa shape index (κ1) is 19.2. The molecule has 1 fully saturated rings. The molecule has 3 aromatic rings. The summed E-state index contributed by atoms with van der Waals surface area (Å²) >= 11 is 0. The molecule has 0 N–H and O–H groups in total. The summed E-state index contributed by atoms with van der Waals surface area (Å²) in [6.45, 7) is 9.45. The third-order valence-electron chi connectivity index (χ3n) is 4.97. The van der Waals surface area contributed by atoms with Crippen molar-refractivity contribution < 1.29 is 23.5 Å². The molecule has 2 atom stereocenters. The van der Waals surface area contributed by atoms with Crippen LogP contribution >= 0.6 is 0 Å². The molecule has 8 heteroatoms. The number of hydrogen-bond donors (Lipinski definition) is 0. The lowest BCUT2D eigenvalue weighted by atomic mass is 10.1. The van der Waals surface area contributed by atoms with Crippen molar-refractivity contribution in [3.8, 4) is 11.3 Å². The SMILES string of the molecule is Cc1cc(-c2cc(C(=O)O[C@H]3C[C@@H](C)OC3=O)c3cnn(C(C)C)c3n2)c(C)o1. The first-order valence-corrected chi connectivity index (χ1v) is 9.61. The molecule has 0 bridgehead atoms. The number of carbonyl (C=O) groups excluding carboxylic acids is 2. The highest BCUT2D eigenvalue weighted by molar-refractivity contribution is 6.04. The minimum atomic E-state index is -0.901. The third kappa shape index (κ3) is 3.39. The first-order chi connectivity index (χ1) is 13.7. The Morgan fingerprint density at radius 2 is 2.07 bits per heavy atom. The fourth-order valence-electron chi connectivity index (χ4n) is 3.60. The van der Waals surface area contributed by atoms with Gasteiger partial charge in [0.2, 0.25) is 6.10 Å². The van der Waals surface area contributed by atoms with Gasteiger partial charge in [0.1, 0.15) is 17.6 Å². The first-order valence-electron chi connectivity index (χ1n) is 9.61. The van der Waals surface area contributed by atoms with E-state index in [0.29, 0.717) is 34.5 Å². The number of carbonyl (C=O) groups is 2. The Labute approximate surface area is 167 Å². The minimum absolute atomic E-state index is 0.0527. The van der Waals surface area contributed by atoms with Crippen LogP contribution in [0.2, 0.25) is 0 Å². The topological polar surface area (TPSA) is 96.5 Å². The monoisotopic (exact) mass is 397 g/mol. The lowest BCUT2D eigenvalue weighted by molar-refractivity contribution is -0.147. The van der Waals surface area contributed by atoms with E-state index in [0.717, 1.165) is 11.3 Å². The average Bonchev–Trinajstić information content (AvgIpc) is 3.30. The van der Waals surface area contributed by atoms with Gasteiger partial charge >= 0.3 is 11.9 Å². The fourth-order valence-corrected chi connectivity index (χ4v) is 3.60. The van der Waals surface area contributed by atoms with Gasteiger partial charge in [-0.3, -0.25) is 0 Å². The Bertz CT molecular complexity index is 1110. The van der Waals surface area contributed by atoms with Crippen LogP contribution in [0.3, 0.4) is 0 Å². The Morgan fingerprint density at radius 3 is 2.66 bits per heavy atom. The summed E-state index contributed by atoms with van der Waals surface area (Å²) in [5.41, 5.74) is 2.26. The van der Waals surface area contributed by atoms with Crippen LogP contribution in [0.1, 0.15) is 55.1 Å². The molecule has 152 valence electrons. The molecule has 1 aliphatic rings. The maximum Gasteiger partial charge on any atom is 0.347 e. The van der Waals surface area contributed by atoms with Gasteiger partial charge in [-0.2, -0.15) is 5.10 Å². The predicted molar refractivity (Wildman–Crippen MR) is 104 cm³/mol. The Kier molecular flexibility index (Phi) is 4.64. The fraction of sp³-hybridized carbons (Fsp3) is 0.429. The van der Waals surface area contributed by atoms with E-state index < -0.39 is 18.0 Å². The maximum atomic E-state index is 13.0. The molecule has 0 radical (unpaired) electrons. The quantitative estimate of drug-likeness (QED) is 0.619. The van der Waals surface area contributed by atoms with E-state index in [-0.39, 0.29) is 12.1 Å². The zero-order valence-electron chi connectivity index (χ0n) is 17.1. The van der Waals surface area contributed by atoms with E-state index in [4.69, 9.17) is 18.9 Å². The van der Waals surface area contributed by atoms with Crippen LogP contribution in [0, 0.1) is 13.8 Å². The van der Waals surface area contributed by atoms with Gasteiger partial charge in [0.25, 0.3) is 0 Å². The molecular weight excluding hydrogens is 374 g/mol. The van der Waals surface area contributed by atoms with Crippen molar-refractivity contribution in [2.75, 3.05) is 0 Å². The Balaban J connectivity index is 1.82. The van der Waals surface area contributed by atoms with Crippen LogP contribution in [0.15, 0.2) is 22.7 Å². The number of furan rings is 1. The average molecular weight is 397 g/mol. The van der Waals surface area contributed by atoms with Crippen molar-refractivity contribution in [1.82, 2.24) is 14.8 Å². The van der Waals surface area contributed by atoms with Gasteiger partial charge in [0, 0.05) is 18.0 Å². The third-order valence-corrected chi connectivity index (χ3v) is 4.97. The number of aromatic nitrogens is 3. The van der Waals surface area contributed by atoms with Crippen LogP contribution in [-0.4, -0.2) is 38.9 Å². The molecule has 1 saturated heterocycles. The standard InChI is InChI=1S/C21H23N3O5/c1-10(2)24-19-16(9-22-24)15(20(25)29-18-7-12(4)28-21(18)26)8-17(23-19)14-6-11(3)27-13(14)5/h6,8-10,12,18H,7H2,1-5H3/t12-,18+/m1/s1. The second kappa shape index (κ2) is 7.02. The molecular formula is C21H23N3O5. The highest BCUT2D eigenvalue weighted by atomic mass is 16.6. The van der Waals surface area contributed by atoms with Crippen molar-refractivity contribution in [1.29, 1.82) is 0 Å². The van der Waals surface area contributed by atoms with Crippen molar-refractivity contribution in [2.24, 2.45) is 0 Å². The van der Waals surface area contributed by atoms with Crippen LogP contribution in [-0.2, 0) is 14.3 Å². The molecule has 8 nitrogen and oxygen atoms in total. The van der Waals surface area contributed by atoms with Gasteiger partial charge in [-0.05, 0) is 46.8 Å². The van der Waals surface area contributed by atoms with Crippen molar-refractivity contribution >= 4 is 23.0 Å². The molecule has 0 spiro atoms. The molecule has 0 unspecified atom stereocenters. The van der Waals surface area contributed by atoms with Gasteiger partial charge in [0.05, 0.1) is 22.8 Å². The number of nitrogens with zero attached hydrogens (tertiary/aromatic N) is 3. The summed E-state index contributed by atoms with van der Waals surface area (Å²) in [7, 11) is 0. The lowest BCUT2D eigenvalue weighted by Gasteiger charge is -2.12. The normalized spacial score (nSPS) is 19.2. The summed E-state index contributed by atoms with van der Waals surface area (Å²) in [4.78, 5) is 29.6. The zero-order valence-corrected chi connectivity index (χ0v) is 17.1. The van der Waals surface area contributed by atoms with Crippen LogP contribution in [0.4, 0.5) is 0 Å². The van der Waals surface area contributed by atoms with E-state index in [1.165, 1.54) is 0 Å². The molecule has 0 amide bonds. The van der Waals surface area contributed by atoms with Crippen molar-refractivity contribution in [3.63, 3.8) is 0 Å². The van der Waals surface area contributed by atoms with Gasteiger partial charge in [-0.15, -0.1) is 0 Å². The molecule has 3 aromatic heterocycles. The number of cyclic esters (lactones) is 1. The van der Waals surface area contributed by atoms with E-state index >= 15 is 0 Å². The zero-order chi connectivity index (χ0) is 20.9. The van der Waals surface area contributed by atoms with Crippen LogP contribution in [0.25, 0.3) is 22.3 Å². The van der Waals surface area contributed by atoms with Gasteiger partial charge in [0.15, 0.2) is 5.65 Å². The summed E-state index contributed by atoms with van der Waals surface area (Å²) < 4.78 is 18.0. The number of esters is 2. The molecule has 4 heterocycles. The Hall–Kier alpha value is -3.16.